The third-order valence-electron chi connectivity index (χ3n) is 2.61. The Morgan fingerprint density at radius 2 is 1.85 bits per heavy atom. The maximum Gasteiger partial charge on any atom is 0.227 e. The second-order valence-electron chi connectivity index (χ2n) is 4.02. The zero-order chi connectivity index (χ0) is 13.8. The summed E-state index contributed by atoms with van der Waals surface area (Å²) in [6.07, 6.45) is 3.17. The van der Waals surface area contributed by atoms with Crippen molar-refractivity contribution in [2.75, 3.05) is 0 Å². The van der Waals surface area contributed by atoms with Crippen LogP contribution in [0.2, 0.25) is 5.02 Å². The molecule has 0 aliphatic rings. The molecule has 0 aliphatic heterocycles. The molecule has 104 valence electrons. The summed E-state index contributed by atoms with van der Waals surface area (Å²) in [6, 6.07) is 9.80. The van der Waals surface area contributed by atoms with Crippen molar-refractivity contribution in [3.05, 3.63) is 64.9 Å². The molecule has 1 aromatic heterocycles. The van der Waals surface area contributed by atoms with Gasteiger partial charge >= 0.3 is 0 Å². The molecule has 0 aliphatic carbocycles. The highest BCUT2D eigenvalue weighted by Gasteiger charge is 2.12. The molecule has 1 heterocycles. The highest BCUT2D eigenvalue weighted by molar-refractivity contribution is 8.93. The molecule has 0 fully saturated rings. The maximum absolute atomic E-state index is 12.0. The molecular weight excluding hydrogens is 344 g/mol. The summed E-state index contributed by atoms with van der Waals surface area (Å²) in [7, 11) is 0. The Labute approximate surface area is 131 Å². The molecule has 0 radical (unpaired) electrons. The van der Waals surface area contributed by atoms with Gasteiger partial charge in [0.25, 0.3) is 0 Å². The molecule has 0 saturated carbocycles. The van der Waals surface area contributed by atoms with Crippen molar-refractivity contribution in [2.24, 2.45) is 0 Å². The van der Waals surface area contributed by atoms with E-state index in [1.54, 1.807) is 47.2 Å². The Bertz CT molecular complexity index is 629. The van der Waals surface area contributed by atoms with Crippen molar-refractivity contribution in [2.45, 2.75) is 6.54 Å². The van der Waals surface area contributed by atoms with Gasteiger partial charge in [0.2, 0.25) is 12.3 Å². The van der Waals surface area contributed by atoms with Crippen molar-refractivity contribution >= 4 is 40.3 Å². The molecule has 4 nitrogen and oxygen atoms in total. The van der Waals surface area contributed by atoms with Crippen molar-refractivity contribution < 1.29 is 14.5 Å². The van der Waals surface area contributed by atoms with Gasteiger partial charge in [0.15, 0.2) is 12.4 Å². The summed E-state index contributed by atoms with van der Waals surface area (Å²) in [5.74, 6) is -0.857. The number of halogens is 2. The number of aromatic nitrogens is 1. The van der Waals surface area contributed by atoms with Crippen LogP contribution in [-0.2, 0) is 6.54 Å². The van der Waals surface area contributed by atoms with Crippen LogP contribution < -0.4 is 9.67 Å². The van der Waals surface area contributed by atoms with Crippen LogP contribution in [0.25, 0.3) is 0 Å². The van der Waals surface area contributed by atoms with E-state index in [0.717, 1.165) is 0 Å². The van der Waals surface area contributed by atoms with Gasteiger partial charge in [-0.25, -0.2) is 0 Å². The normalized spacial score (nSPS) is 9.65. The van der Waals surface area contributed by atoms with Gasteiger partial charge in [-0.15, -0.1) is 17.0 Å². The number of carbonyl (C=O) groups excluding carboxylic acids is 1. The van der Waals surface area contributed by atoms with E-state index >= 15 is 0 Å². The fraction of sp³-hybridized carbons (Fsp3) is 0.0714. The minimum Gasteiger partial charge on any atom is -0.859 e. The summed E-state index contributed by atoms with van der Waals surface area (Å²) >= 11 is 5.76. The first-order valence-corrected chi connectivity index (χ1v) is 5.98. The SMILES string of the molecule is Br.N=C([O-])c1ccc[n+](CC(=O)c2ccc(Cl)cc2)c1. The number of hydrogen-bond donors (Lipinski definition) is 1. The number of nitrogens with one attached hydrogen (secondary N) is 1. The van der Waals surface area contributed by atoms with Crippen LogP contribution in [0.15, 0.2) is 48.8 Å². The second kappa shape index (κ2) is 7.17. The molecule has 0 bridgehead atoms. The van der Waals surface area contributed by atoms with Crippen molar-refractivity contribution in [1.29, 1.82) is 5.41 Å². The molecular formula is C14H12BrClN2O2. The fourth-order valence-corrected chi connectivity index (χ4v) is 1.77. The van der Waals surface area contributed by atoms with Gasteiger partial charge in [0.05, 0.1) is 0 Å². The van der Waals surface area contributed by atoms with E-state index in [-0.39, 0.29) is 34.9 Å². The van der Waals surface area contributed by atoms with Crippen LogP contribution in [0.4, 0.5) is 0 Å². The first-order valence-electron chi connectivity index (χ1n) is 5.60. The number of carbonyl (C=O) groups is 1. The predicted molar refractivity (Wildman–Crippen MR) is 79.6 cm³/mol. The molecule has 6 heteroatoms. The Hall–Kier alpha value is -1.72. The third-order valence-corrected chi connectivity index (χ3v) is 2.86. The average Bonchev–Trinajstić information content (AvgIpc) is 2.39. The summed E-state index contributed by atoms with van der Waals surface area (Å²) in [5.41, 5.74) is 0.811. The Morgan fingerprint density at radius 1 is 1.20 bits per heavy atom. The highest BCUT2D eigenvalue weighted by Crippen LogP contribution is 2.10. The molecule has 0 unspecified atom stereocenters. The lowest BCUT2D eigenvalue weighted by Gasteiger charge is -2.05. The summed E-state index contributed by atoms with van der Waals surface area (Å²) in [4.78, 5) is 12.0. The molecule has 20 heavy (non-hydrogen) atoms. The van der Waals surface area contributed by atoms with Gasteiger partial charge in [0.1, 0.15) is 0 Å². The van der Waals surface area contributed by atoms with Gasteiger partial charge in [-0.3, -0.25) is 4.79 Å². The number of ketones is 1. The molecule has 0 atom stereocenters. The number of rotatable bonds is 4. The van der Waals surface area contributed by atoms with Crippen LogP contribution in [0.5, 0.6) is 0 Å². The Morgan fingerprint density at radius 3 is 2.45 bits per heavy atom. The molecule has 1 N–H and O–H groups in total. The molecule has 1 aromatic carbocycles. The maximum atomic E-state index is 12.0. The number of pyridine rings is 1. The molecule has 0 spiro atoms. The van der Waals surface area contributed by atoms with Crippen LogP contribution >= 0.6 is 28.6 Å². The number of hydrogen-bond acceptors (Lipinski definition) is 3. The number of benzene rings is 1. The predicted octanol–water partition coefficient (Wildman–Crippen LogP) is 1.77. The van der Waals surface area contributed by atoms with E-state index in [4.69, 9.17) is 17.0 Å². The third kappa shape index (κ3) is 4.15. The van der Waals surface area contributed by atoms with E-state index in [0.29, 0.717) is 10.6 Å². The Balaban J connectivity index is 0.00000200. The summed E-state index contributed by atoms with van der Waals surface area (Å²) < 4.78 is 1.58. The molecule has 0 saturated heterocycles. The first-order chi connectivity index (χ1) is 9.06. The highest BCUT2D eigenvalue weighted by atomic mass is 79.9. The first kappa shape index (κ1) is 16.3. The lowest BCUT2D eigenvalue weighted by atomic mass is 10.1. The van der Waals surface area contributed by atoms with E-state index < -0.39 is 5.90 Å². The largest absolute Gasteiger partial charge is 0.859 e. The zero-order valence-electron chi connectivity index (χ0n) is 10.4. The van der Waals surface area contributed by atoms with Gasteiger partial charge in [-0.1, -0.05) is 11.6 Å². The van der Waals surface area contributed by atoms with Gasteiger partial charge < -0.3 is 10.5 Å². The lowest BCUT2D eigenvalue weighted by Crippen LogP contribution is -2.38. The summed E-state index contributed by atoms with van der Waals surface area (Å²) in [6.45, 7) is 0.114. The lowest BCUT2D eigenvalue weighted by molar-refractivity contribution is -0.683. The average molecular weight is 356 g/mol. The molecule has 2 aromatic rings. The monoisotopic (exact) mass is 354 g/mol. The standard InChI is InChI=1S/C14H11ClN2O2.BrH/c15-12-5-3-10(4-6-12)13(18)9-17-7-1-2-11(8-17)14(16)19;/h1-8H,9H2,(H-,16,19);1H. The van der Waals surface area contributed by atoms with Crippen molar-refractivity contribution in [3.63, 3.8) is 0 Å². The Kier molecular flexibility index (Phi) is 5.85. The molecule has 2 rings (SSSR count). The van der Waals surface area contributed by atoms with Crippen LogP contribution in [0.1, 0.15) is 15.9 Å². The minimum absolute atomic E-state index is 0. The number of nitrogens with zero attached hydrogens (tertiary/aromatic N) is 1. The van der Waals surface area contributed by atoms with E-state index in [1.807, 2.05) is 0 Å². The van der Waals surface area contributed by atoms with Gasteiger partial charge in [-0.2, -0.15) is 4.57 Å². The summed E-state index contributed by atoms with van der Waals surface area (Å²) in [5, 5.41) is 18.6. The zero-order valence-corrected chi connectivity index (χ0v) is 12.8. The van der Waals surface area contributed by atoms with Crippen molar-refractivity contribution in [1.82, 2.24) is 0 Å². The second-order valence-corrected chi connectivity index (χ2v) is 4.46. The van der Waals surface area contributed by atoms with E-state index in [2.05, 4.69) is 0 Å². The fourth-order valence-electron chi connectivity index (χ4n) is 1.65. The molecule has 0 amide bonds. The van der Waals surface area contributed by atoms with Gasteiger partial charge in [-0.05, 0) is 36.2 Å². The van der Waals surface area contributed by atoms with Crippen LogP contribution in [0.3, 0.4) is 0 Å². The van der Waals surface area contributed by atoms with Gasteiger partial charge in [0, 0.05) is 22.2 Å². The minimum atomic E-state index is -0.770. The quantitative estimate of drug-likeness (QED) is 0.393. The number of Topliss-reactive ketones (excluding diaryl/α,β-unsaturated/α-hetero) is 1. The van der Waals surface area contributed by atoms with Crippen molar-refractivity contribution in [3.8, 4) is 0 Å². The smallest absolute Gasteiger partial charge is 0.227 e. The van der Waals surface area contributed by atoms with E-state index in [1.165, 1.54) is 6.20 Å². The van der Waals surface area contributed by atoms with Crippen LogP contribution in [0, 0.1) is 5.41 Å². The topological polar surface area (TPSA) is 67.9 Å². The van der Waals surface area contributed by atoms with Crippen LogP contribution in [-0.4, -0.2) is 11.7 Å². The van der Waals surface area contributed by atoms with E-state index in [9.17, 15) is 9.90 Å².